The molecule has 3 fully saturated rings. The molecule has 29 heavy (non-hydrogen) atoms. The summed E-state index contributed by atoms with van der Waals surface area (Å²) >= 11 is 0. The van der Waals surface area contributed by atoms with Crippen LogP contribution in [0.5, 0.6) is 0 Å². The van der Waals surface area contributed by atoms with Crippen molar-refractivity contribution in [1.29, 1.82) is 0 Å². The van der Waals surface area contributed by atoms with Crippen molar-refractivity contribution in [3.8, 4) is 0 Å². The Bertz CT molecular complexity index is 690. The lowest BCUT2D eigenvalue weighted by Gasteiger charge is -2.32. The topological polar surface area (TPSA) is 56.2 Å². The number of hydrogen-bond donors (Lipinski definition) is 1. The molecule has 7 heteroatoms. The summed E-state index contributed by atoms with van der Waals surface area (Å²) in [4.78, 5) is 17.0. The number of aromatic nitrogens is 1. The second-order valence-electron chi connectivity index (χ2n) is 8.45. The third kappa shape index (κ3) is 5.20. The minimum atomic E-state index is 0.256. The lowest BCUT2D eigenvalue weighted by molar-refractivity contribution is 0.0529. The Labute approximate surface area is 175 Å². The zero-order valence-electron chi connectivity index (χ0n) is 18.0. The van der Waals surface area contributed by atoms with Gasteiger partial charge in [-0.3, -0.25) is 4.90 Å². The molecule has 0 spiro atoms. The lowest BCUT2D eigenvalue weighted by atomic mass is 10.2. The molecule has 4 heterocycles. The summed E-state index contributed by atoms with van der Waals surface area (Å²) in [6, 6.07) is 4.96. The van der Waals surface area contributed by atoms with E-state index in [2.05, 4.69) is 51.0 Å². The number of nitrogens with one attached hydrogen (secondary N) is 1. The van der Waals surface area contributed by atoms with Crippen molar-refractivity contribution in [3.05, 3.63) is 23.9 Å². The van der Waals surface area contributed by atoms with Crippen molar-refractivity contribution in [2.24, 2.45) is 4.99 Å². The van der Waals surface area contributed by atoms with Gasteiger partial charge in [0.2, 0.25) is 0 Å². The molecule has 3 saturated heterocycles. The Morgan fingerprint density at radius 1 is 1.24 bits per heavy atom. The third-order valence-corrected chi connectivity index (χ3v) is 6.24. The van der Waals surface area contributed by atoms with Gasteiger partial charge in [-0.1, -0.05) is 0 Å². The van der Waals surface area contributed by atoms with E-state index in [0.29, 0.717) is 12.6 Å². The Hall–Kier alpha value is -1.86. The lowest BCUT2D eigenvalue weighted by Crippen LogP contribution is -2.42. The van der Waals surface area contributed by atoms with Gasteiger partial charge in [-0.05, 0) is 63.9 Å². The number of guanidine groups is 1. The van der Waals surface area contributed by atoms with Crippen molar-refractivity contribution in [2.45, 2.75) is 51.8 Å². The molecular formula is C22H36N6O. The molecule has 0 saturated carbocycles. The molecule has 0 amide bonds. The standard InChI is InChI=1S/C22H36N6O/c1-3-23-22(28-11-7-20(17-28)26-9-4-5-10-26)25-15-19-6-8-24-21(14-19)27-12-13-29-18(2)16-27/h6,8,14,18,20H,3-5,7,9-13,15-17H2,1-2H3,(H,23,25). The minimum Gasteiger partial charge on any atom is -0.375 e. The zero-order valence-corrected chi connectivity index (χ0v) is 18.0. The molecule has 1 aromatic heterocycles. The second-order valence-corrected chi connectivity index (χ2v) is 8.45. The van der Waals surface area contributed by atoms with Crippen molar-refractivity contribution in [2.75, 3.05) is 57.3 Å². The van der Waals surface area contributed by atoms with Crippen LogP contribution in [0, 0.1) is 0 Å². The van der Waals surface area contributed by atoms with Crippen molar-refractivity contribution < 1.29 is 4.74 Å². The molecule has 4 rings (SSSR count). The maximum absolute atomic E-state index is 5.66. The summed E-state index contributed by atoms with van der Waals surface area (Å²) in [5.41, 5.74) is 1.21. The highest BCUT2D eigenvalue weighted by Gasteiger charge is 2.30. The van der Waals surface area contributed by atoms with Gasteiger partial charge in [0, 0.05) is 45.0 Å². The van der Waals surface area contributed by atoms with Crippen LogP contribution in [-0.4, -0.2) is 85.3 Å². The Balaban J connectivity index is 1.39. The average molecular weight is 401 g/mol. The van der Waals surface area contributed by atoms with Gasteiger partial charge in [0.05, 0.1) is 19.3 Å². The van der Waals surface area contributed by atoms with Gasteiger partial charge >= 0.3 is 0 Å². The number of pyridine rings is 1. The first kappa shape index (κ1) is 20.4. The maximum Gasteiger partial charge on any atom is 0.194 e. The summed E-state index contributed by atoms with van der Waals surface area (Å²) in [5, 5.41) is 3.50. The second kappa shape index (κ2) is 9.76. The molecule has 1 aromatic rings. The number of morpholine rings is 1. The molecule has 2 atom stereocenters. The van der Waals surface area contributed by atoms with Crippen LogP contribution in [0.4, 0.5) is 5.82 Å². The van der Waals surface area contributed by atoms with Gasteiger partial charge < -0.3 is 19.9 Å². The van der Waals surface area contributed by atoms with Gasteiger partial charge in [-0.25, -0.2) is 9.98 Å². The predicted molar refractivity (Wildman–Crippen MR) is 117 cm³/mol. The van der Waals surface area contributed by atoms with E-state index in [4.69, 9.17) is 9.73 Å². The van der Waals surface area contributed by atoms with Crippen molar-refractivity contribution in [3.63, 3.8) is 0 Å². The summed E-state index contributed by atoms with van der Waals surface area (Å²) < 4.78 is 5.66. The smallest absolute Gasteiger partial charge is 0.194 e. The fourth-order valence-corrected chi connectivity index (χ4v) is 4.69. The number of rotatable bonds is 5. The van der Waals surface area contributed by atoms with E-state index >= 15 is 0 Å². The highest BCUT2D eigenvalue weighted by Crippen LogP contribution is 2.21. The van der Waals surface area contributed by atoms with E-state index in [1.54, 1.807) is 0 Å². The van der Waals surface area contributed by atoms with Crippen molar-refractivity contribution >= 4 is 11.8 Å². The van der Waals surface area contributed by atoms with Gasteiger partial charge in [0.1, 0.15) is 5.82 Å². The maximum atomic E-state index is 5.66. The first-order valence-electron chi connectivity index (χ1n) is 11.3. The van der Waals surface area contributed by atoms with Crippen LogP contribution < -0.4 is 10.2 Å². The van der Waals surface area contributed by atoms with Gasteiger partial charge in [-0.2, -0.15) is 0 Å². The Kier molecular flexibility index (Phi) is 6.87. The van der Waals surface area contributed by atoms with Gasteiger partial charge in [-0.15, -0.1) is 0 Å². The zero-order chi connectivity index (χ0) is 20.1. The number of aliphatic imine (C=N–C) groups is 1. The van der Waals surface area contributed by atoms with E-state index in [-0.39, 0.29) is 6.10 Å². The fourth-order valence-electron chi connectivity index (χ4n) is 4.69. The van der Waals surface area contributed by atoms with E-state index < -0.39 is 0 Å². The fraction of sp³-hybridized carbons (Fsp3) is 0.727. The molecule has 2 unspecified atom stereocenters. The number of likely N-dealkylation sites (tertiary alicyclic amines) is 2. The normalized spacial score (nSPS) is 26.3. The molecule has 3 aliphatic rings. The molecule has 1 N–H and O–H groups in total. The van der Waals surface area contributed by atoms with Crippen LogP contribution in [0.15, 0.2) is 23.3 Å². The minimum absolute atomic E-state index is 0.256. The summed E-state index contributed by atoms with van der Waals surface area (Å²) in [6.07, 6.45) is 6.13. The molecule has 0 radical (unpaired) electrons. The molecule has 0 bridgehead atoms. The molecule has 7 nitrogen and oxygen atoms in total. The van der Waals surface area contributed by atoms with E-state index in [0.717, 1.165) is 51.1 Å². The molecule has 0 aliphatic carbocycles. The SMILES string of the molecule is CCNC(=NCc1ccnc(N2CCOC(C)C2)c1)N1CCC(N2CCCC2)C1. The summed E-state index contributed by atoms with van der Waals surface area (Å²) in [7, 11) is 0. The Morgan fingerprint density at radius 2 is 2.10 bits per heavy atom. The number of nitrogens with zero attached hydrogens (tertiary/aromatic N) is 5. The molecule has 0 aromatic carbocycles. The van der Waals surface area contributed by atoms with Crippen molar-refractivity contribution in [1.82, 2.24) is 20.1 Å². The predicted octanol–water partition coefficient (Wildman–Crippen LogP) is 1.94. The van der Waals surface area contributed by atoms with Crippen LogP contribution in [0.1, 0.15) is 38.7 Å². The number of hydrogen-bond acceptors (Lipinski definition) is 5. The van der Waals surface area contributed by atoms with Crippen LogP contribution >= 0.6 is 0 Å². The van der Waals surface area contributed by atoms with Gasteiger partial charge in [0.25, 0.3) is 0 Å². The van der Waals surface area contributed by atoms with Crippen LogP contribution in [0.3, 0.4) is 0 Å². The summed E-state index contributed by atoms with van der Waals surface area (Å²) in [6.45, 7) is 13.1. The summed E-state index contributed by atoms with van der Waals surface area (Å²) in [5.74, 6) is 2.08. The quantitative estimate of drug-likeness (QED) is 0.602. The number of anilines is 1. The van der Waals surface area contributed by atoms with Crippen LogP contribution in [0.2, 0.25) is 0 Å². The number of ether oxygens (including phenoxy) is 1. The first-order valence-corrected chi connectivity index (χ1v) is 11.3. The molecule has 3 aliphatic heterocycles. The van der Waals surface area contributed by atoms with Gasteiger partial charge in [0.15, 0.2) is 5.96 Å². The van der Waals surface area contributed by atoms with E-state index in [1.807, 2.05) is 6.20 Å². The van der Waals surface area contributed by atoms with Crippen LogP contribution in [-0.2, 0) is 11.3 Å². The van der Waals surface area contributed by atoms with E-state index in [9.17, 15) is 0 Å². The first-order chi connectivity index (χ1) is 14.2. The Morgan fingerprint density at radius 3 is 2.90 bits per heavy atom. The largest absolute Gasteiger partial charge is 0.375 e. The van der Waals surface area contributed by atoms with E-state index in [1.165, 1.54) is 37.9 Å². The average Bonchev–Trinajstić information content (AvgIpc) is 3.43. The highest BCUT2D eigenvalue weighted by atomic mass is 16.5. The molecular weight excluding hydrogens is 364 g/mol. The highest BCUT2D eigenvalue weighted by molar-refractivity contribution is 5.80. The monoisotopic (exact) mass is 400 g/mol. The third-order valence-electron chi connectivity index (χ3n) is 6.24. The molecule has 160 valence electrons. The van der Waals surface area contributed by atoms with Crippen LogP contribution in [0.25, 0.3) is 0 Å².